The summed E-state index contributed by atoms with van der Waals surface area (Å²) in [5.41, 5.74) is 2.77. The third-order valence-corrected chi connectivity index (χ3v) is 4.12. The number of allylic oxidation sites excluding steroid dienone is 1. The molecule has 0 spiro atoms. The summed E-state index contributed by atoms with van der Waals surface area (Å²) in [5, 5.41) is 0. The van der Waals surface area contributed by atoms with Crippen molar-refractivity contribution in [3.05, 3.63) is 40.7 Å². The van der Waals surface area contributed by atoms with Crippen LogP contribution < -0.4 is 0 Å². The molecule has 3 heterocycles. The molecule has 3 rings (SSSR count). The van der Waals surface area contributed by atoms with E-state index in [0.29, 0.717) is 5.76 Å². The van der Waals surface area contributed by atoms with Crippen LogP contribution in [0.15, 0.2) is 28.9 Å². The molecule has 5 heteroatoms. The molecule has 4 nitrogen and oxygen atoms in total. The van der Waals surface area contributed by atoms with E-state index in [2.05, 4.69) is 16.3 Å². The van der Waals surface area contributed by atoms with E-state index in [1.54, 1.807) is 23.7 Å². The highest BCUT2D eigenvalue weighted by atomic mass is 32.1. The Hall–Kier alpha value is -2.14. The molecule has 0 fully saturated rings. The summed E-state index contributed by atoms with van der Waals surface area (Å²) in [6.07, 6.45) is 5.63. The zero-order valence-electron chi connectivity index (χ0n) is 10.6. The average Bonchev–Trinajstić information content (AvgIpc) is 3.06. The first kappa shape index (κ1) is 11.9. The fourth-order valence-corrected chi connectivity index (χ4v) is 3.03. The first-order chi connectivity index (χ1) is 9.22. The minimum atomic E-state index is 0.707. The van der Waals surface area contributed by atoms with Gasteiger partial charge in [0, 0.05) is 10.6 Å². The summed E-state index contributed by atoms with van der Waals surface area (Å²) in [6.45, 7) is 4.11. The number of fused-ring (bicyclic) bond motifs is 1. The molecule has 0 bridgehead atoms. The molecule has 0 aliphatic carbocycles. The maximum absolute atomic E-state index is 10.6. The van der Waals surface area contributed by atoms with E-state index in [0.717, 1.165) is 28.3 Å². The molecule has 0 amide bonds. The Bertz CT molecular complexity index is 763. The largest absolute Gasteiger partial charge is 0.463 e. The van der Waals surface area contributed by atoms with Crippen LogP contribution in [0.4, 0.5) is 0 Å². The van der Waals surface area contributed by atoms with Crippen LogP contribution in [0.2, 0.25) is 0 Å². The number of thiazole rings is 1. The normalized spacial score (nSPS) is 11.7. The lowest BCUT2D eigenvalue weighted by molar-refractivity contribution is -0.104. The van der Waals surface area contributed by atoms with Crippen LogP contribution in [0.25, 0.3) is 22.5 Å². The fourth-order valence-electron chi connectivity index (χ4n) is 2.05. The maximum Gasteiger partial charge on any atom is 0.195 e. The highest BCUT2D eigenvalue weighted by Gasteiger charge is 2.18. The van der Waals surface area contributed by atoms with Crippen molar-refractivity contribution >= 4 is 28.7 Å². The molecule has 0 saturated carbocycles. The zero-order chi connectivity index (χ0) is 13.4. The maximum atomic E-state index is 10.6. The number of aryl methyl sites for hydroxylation is 2. The number of nitrogens with zero attached hydrogens (tertiary/aromatic N) is 2. The minimum absolute atomic E-state index is 0.707. The zero-order valence-corrected chi connectivity index (χ0v) is 11.4. The third kappa shape index (κ3) is 1.82. The molecule has 0 atom stereocenters. The lowest BCUT2D eigenvalue weighted by Crippen LogP contribution is -1.90. The number of imidazole rings is 1. The van der Waals surface area contributed by atoms with Crippen LogP contribution in [0.5, 0.6) is 0 Å². The van der Waals surface area contributed by atoms with Crippen molar-refractivity contribution in [3.8, 4) is 11.5 Å². The monoisotopic (exact) mass is 272 g/mol. The van der Waals surface area contributed by atoms with Crippen molar-refractivity contribution in [1.29, 1.82) is 0 Å². The molecule has 0 unspecified atom stereocenters. The number of hydrogen-bond acceptors (Lipinski definition) is 4. The van der Waals surface area contributed by atoms with Gasteiger partial charge in [-0.15, -0.1) is 11.3 Å². The van der Waals surface area contributed by atoms with Gasteiger partial charge in [-0.05, 0) is 38.1 Å². The molecular formula is C14H12N2O2S. The molecule has 0 aliphatic rings. The van der Waals surface area contributed by atoms with Crippen LogP contribution in [-0.2, 0) is 4.79 Å². The number of rotatable bonds is 3. The predicted octanol–water partition coefficient (Wildman–Crippen LogP) is 3.48. The van der Waals surface area contributed by atoms with Crippen molar-refractivity contribution in [2.45, 2.75) is 13.8 Å². The number of aromatic nitrogens is 2. The number of hydrogen-bond donors (Lipinski definition) is 0. The van der Waals surface area contributed by atoms with Gasteiger partial charge in [-0.1, -0.05) is 0 Å². The van der Waals surface area contributed by atoms with Crippen LogP contribution in [0.3, 0.4) is 0 Å². The third-order valence-electron chi connectivity index (χ3n) is 3.06. The number of furan rings is 1. The Kier molecular flexibility index (Phi) is 2.83. The molecule has 0 N–H and O–H groups in total. The van der Waals surface area contributed by atoms with Gasteiger partial charge in [-0.25, -0.2) is 4.98 Å². The van der Waals surface area contributed by atoms with Gasteiger partial charge in [-0.2, -0.15) is 0 Å². The van der Waals surface area contributed by atoms with Crippen LogP contribution >= 0.6 is 11.3 Å². The van der Waals surface area contributed by atoms with Crippen molar-refractivity contribution in [2.75, 3.05) is 0 Å². The van der Waals surface area contributed by atoms with Gasteiger partial charge in [-0.3, -0.25) is 9.20 Å². The van der Waals surface area contributed by atoms with E-state index >= 15 is 0 Å². The van der Waals surface area contributed by atoms with E-state index in [4.69, 9.17) is 4.42 Å². The Morgan fingerprint density at radius 3 is 2.95 bits per heavy atom. The lowest BCUT2D eigenvalue weighted by atomic mass is 10.2. The second-order valence-electron chi connectivity index (χ2n) is 4.18. The molecule has 0 aromatic carbocycles. The summed E-state index contributed by atoms with van der Waals surface area (Å²) >= 11 is 1.63. The lowest BCUT2D eigenvalue weighted by Gasteiger charge is -1.98. The SMILES string of the molecule is Cc1sc2nc(-c3ccco3)c(C=CC=O)n2c1C. The van der Waals surface area contributed by atoms with Gasteiger partial charge in [0.05, 0.1) is 12.0 Å². The second kappa shape index (κ2) is 4.51. The first-order valence-corrected chi connectivity index (χ1v) is 6.68. The first-order valence-electron chi connectivity index (χ1n) is 5.86. The van der Waals surface area contributed by atoms with Gasteiger partial charge < -0.3 is 4.42 Å². The average molecular weight is 272 g/mol. The number of aldehydes is 1. The van der Waals surface area contributed by atoms with Gasteiger partial charge in [0.1, 0.15) is 12.0 Å². The molecule has 0 radical (unpaired) electrons. The van der Waals surface area contributed by atoms with E-state index in [-0.39, 0.29) is 0 Å². The van der Waals surface area contributed by atoms with E-state index in [1.165, 1.54) is 11.0 Å². The fraction of sp³-hybridized carbons (Fsp3) is 0.143. The quantitative estimate of drug-likeness (QED) is 0.541. The Morgan fingerprint density at radius 1 is 1.42 bits per heavy atom. The predicted molar refractivity (Wildman–Crippen MR) is 75.3 cm³/mol. The van der Waals surface area contributed by atoms with Gasteiger partial charge in [0.25, 0.3) is 0 Å². The molecule has 3 aromatic rings. The Morgan fingerprint density at radius 2 is 2.26 bits per heavy atom. The Balaban J connectivity index is 2.33. The van der Waals surface area contributed by atoms with Crippen molar-refractivity contribution < 1.29 is 9.21 Å². The van der Waals surface area contributed by atoms with Gasteiger partial charge >= 0.3 is 0 Å². The van der Waals surface area contributed by atoms with Crippen LogP contribution in [-0.4, -0.2) is 15.7 Å². The highest BCUT2D eigenvalue weighted by molar-refractivity contribution is 7.17. The minimum Gasteiger partial charge on any atom is -0.463 e. The molecule has 0 saturated heterocycles. The van der Waals surface area contributed by atoms with Gasteiger partial charge in [0.2, 0.25) is 0 Å². The van der Waals surface area contributed by atoms with Crippen LogP contribution in [0, 0.1) is 13.8 Å². The second-order valence-corrected chi connectivity index (χ2v) is 5.36. The summed E-state index contributed by atoms with van der Waals surface area (Å²) in [4.78, 5) is 17.3. The highest BCUT2D eigenvalue weighted by Crippen LogP contribution is 2.31. The van der Waals surface area contributed by atoms with E-state index < -0.39 is 0 Å². The summed E-state index contributed by atoms with van der Waals surface area (Å²) in [6, 6.07) is 3.70. The molecule has 19 heavy (non-hydrogen) atoms. The smallest absolute Gasteiger partial charge is 0.195 e. The number of carbonyl (C=O) groups excluding carboxylic acids is 1. The van der Waals surface area contributed by atoms with Crippen molar-refractivity contribution in [1.82, 2.24) is 9.38 Å². The number of carbonyl (C=O) groups is 1. The molecule has 3 aromatic heterocycles. The van der Waals surface area contributed by atoms with Gasteiger partial charge in [0.15, 0.2) is 10.7 Å². The van der Waals surface area contributed by atoms with Crippen LogP contribution in [0.1, 0.15) is 16.3 Å². The van der Waals surface area contributed by atoms with Crippen molar-refractivity contribution in [3.63, 3.8) is 0 Å². The summed E-state index contributed by atoms with van der Waals surface area (Å²) < 4.78 is 7.47. The molecule has 0 aliphatic heterocycles. The van der Waals surface area contributed by atoms with Crippen molar-refractivity contribution in [2.24, 2.45) is 0 Å². The van der Waals surface area contributed by atoms with E-state index in [1.807, 2.05) is 19.1 Å². The topological polar surface area (TPSA) is 47.5 Å². The summed E-state index contributed by atoms with van der Waals surface area (Å²) in [5.74, 6) is 0.707. The Labute approximate surface area is 114 Å². The molecular weight excluding hydrogens is 260 g/mol. The summed E-state index contributed by atoms with van der Waals surface area (Å²) in [7, 11) is 0. The van der Waals surface area contributed by atoms with E-state index in [9.17, 15) is 4.79 Å². The molecule has 96 valence electrons. The standard InChI is InChI=1S/C14H12N2O2S/c1-9-10(2)19-14-15-13(12-6-4-8-18-12)11(16(9)14)5-3-7-17/h3-8H,1-2H3.